The zero-order valence-electron chi connectivity index (χ0n) is 13.8. The first-order valence-corrected chi connectivity index (χ1v) is 8.48. The molecule has 0 bridgehead atoms. The van der Waals surface area contributed by atoms with Crippen LogP contribution in [0.3, 0.4) is 0 Å². The van der Waals surface area contributed by atoms with Gasteiger partial charge in [-0.25, -0.2) is 0 Å². The number of halogens is 1. The van der Waals surface area contributed by atoms with Gasteiger partial charge in [-0.3, -0.25) is 15.1 Å². The number of benzene rings is 2. The lowest BCUT2D eigenvalue weighted by molar-refractivity contribution is 0.0978. The number of amides is 1. The summed E-state index contributed by atoms with van der Waals surface area (Å²) in [7, 11) is 0. The lowest BCUT2D eigenvalue weighted by Crippen LogP contribution is -2.34. The quantitative estimate of drug-likeness (QED) is 0.646. The van der Waals surface area contributed by atoms with Crippen molar-refractivity contribution in [3.63, 3.8) is 0 Å². The number of aryl methyl sites for hydroxylation is 2. The van der Waals surface area contributed by atoms with E-state index in [1.165, 1.54) is 0 Å². The third-order valence-corrected chi connectivity index (χ3v) is 4.34. The van der Waals surface area contributed by atoms with E-state index in [1.54, 1.807) is 24.3 Å². The molecule has 0 aliphatic rings. The van der Waals surface area contributed by atoms with Gasteiger partial charge in [-0.05, 0) is 62.0 Å². The highest BCUT2D eigenvalue weighted by atomic mass is 35.5. The van der Waals surface area contributed by atoms with Crippen LogP contribution >= 0.6 is 23.8 Å². The summed E-state index contributed by atoms with van der Waals surface area (Å²) in [5.41, 5.74) is 4.02. The highest BCUT2D eigenvalue weighted by molar-refractivity contribution is 7.80. The average molecular weight is 370 g/mol. The van der Waals surface area contributed by atoms with Crippen molar-refractivity contribution >= 4 is 51.4 Å². The van der Waals surface area contributed by atoms with Crippen molar-refractivity contribution in [1.82, 2.24) is 10.3 Å². The monoisotopic (exact) mass is 369 g/mol. The number of nitrogens with one attached hydrogen (secondary N) is 2. The van der Waals surface area contributed by atoms with Crippen molar-refractivity contribution in [1.29, 1.82) is 0 Å². The van der Waals surface area contributed by atoms with Crippen LogP contribution in [0.1, 0.15) is 21.6 Å². The predicted molar refractivity (Wildman–Crippen MR) is 106 cm³/mol. The summed E-state index contributed by atoms with van der Waals surface area (Å²) in [4.78, 5) is 16.8. The van der Waals surface area contributed by atoms with E-state index in [1.807, 2.05) is 38.1 Å². The van der Waals surface area contributed by atoms with Crippen LogP contribution in [-0.2, 0) is 0 Å². The first-order valence-electron chi connectivity index (χ1n) is 7.69. The van der Waals surface area contributed by atoms with Crippen LogP contribution in [0.25, 0.3) is 10.9 Å². The summed E-state index contributed by atoms with van der Waals surface area (Å²) in [6, 6.07) is 14.7. The molecule has 0 aliphatic heterocycles. The van der Waals surface area contributed by atoms with Gasteiger partial charge in [0.05, 0.1) is 21.8 Å². The number of carbonyl (C=O) groups is 1. The highest BCUT2D eigenvalue weighted by Gasteiger charge is 2.13. The van der Waals surface area contributed by atoms with E-state index >= 15 is 0 Å². The molecule has 2 N–H and O–H groups in total. The van der Waals surface area contributed by atoms with Crippen LogP contribution in [0.2, 0.25) is 5.02 Å². The molecule has 0 fully saturated rings. The van der Waals surface area contributed by atoms with Crippen LogP contribution < -0.4 is 10.6 Å². The lowest BCUT2D eigenvalue weighted by atomic mass is 10.1. The Bertz CT molecular complexity index is 988. The second-order valence-corrected chi connectivity index (χ2v) is 6.48. The number of anilines is 1. The Morgan fingerprint density at radius 1 is 1.08 bits per heavy atom. The third kappa shape index (κ3) is 3.78. The number of nitrogens with zero attached hydrogens (tertiary/aromatic N) is 1. The zero-order chi connectivity index (χ0) is 18.0. The molecule has 3 aromatic rings. The summed E-state index contributed by atoms with van der Waals surface area (Å²) < 4.78 is 0. The molecule has 126 valence electrons. The zero-order valence-corrected chi connectivity index (χ0v) is 15.3. The Morgan fingerprint density at radius 3 is 2.60 bits per heavy atom. The van der Waals surface area contributed by atoms with Crippen LogP contribution in [0.15, 0.2) is 48.5 Å². The van der Waals surface area contributed by atoms with Gasteiger partial charge in [0.2, 0.25) is 0 Å². The van der Waals surface area contributed by atoms with Crippen molar-refractivity contribution in [2.45, 2.75) is 13.8 Å². The molecule has 0 atom stereocenters. The van der Waals surface area contributed by atoms with Gasteiger partial charge in [0.1, 0.15) is 0 Å². The minimum atomic E-state index is -0.352. The standard InChI is InChI=1S/C19H16ClN3OS/c1-11-7-10-16-14(9-8-12(2)21-16)17(11)22-19(25)23-18(24)13-5-3-4-6-15(13)20/h3-10H,1-2H3,(H2,22,23,24,25). The number of carbonyl (C=O) groups excluding carboxylic acids is 1. The van der Waals surface area contributed by atoms with E-state index in [0.717, 1.165) is 27.8 Å². The van der Waals surface area contributed by atoms with E-state index in [-0.39, 0.29) is 11.0 Å². The minimum absolute atomic E-state index is 0.209. The molecular formula is C19H16ClN3OS. The Balaban J connectivity index is 1.84. The summed E-state index contributed by atoms with van der Waals surface area (Å²) in [5, 5.41) is 7.31. The Kier molecular flexibility index (Phi) is 4.97. The molecule has 2 aromatic carbocycles. The second-order valence-electron chi connectivity index (χ2n) is 5.66. The maximum Gasteiger partial charge on any atom is 0.258 e. The Labute approximate surface area is 156 Å². The SMILES string of the molecule is Cc1ccc2c(NC(=S)NC(=O)c3ccccc3Cl)c(C)ccc2n1. The van der Waals surface area contributed by atoms with E-state index in [2.05, 4.69) is 15.6 Å². The molecule has 1 heterocycles. The fourth-order valence-electron chi connectivity index (χ4n) is 2.54. The second kappa shape index (κ2) is 7.17. The molecule has 3 rings (SSSR count). The van der Waals surface area contributed by atoms with Crippen molar-refractivity contribution in [2.24, 2.45) is 0 Å². The highest BCUT2D eigenvalue weighted by Crippen LogP contribution is 2.26. The minimum Gasteiger partial charge on any atom is -0.332 e. The average Bonchev–Trinajstić information content (AvgIpc) is 2.57. The van der Waals surface area contributed by atoms with Gasteiger partial charge < -0.3 is 5.32 Å². The molecule has 0 saturated carbocycles. The Hall–Kier alpha value is -2.50. The number of thiocarbonyl (C=S) groups is 1. The third-order valence-electron chi connectivity index (χ3n) is 3.80. The maximum atomic E-state index is 12.3. The molecular weight excluding hydrogens is 354 g/mol. The van der Waals surface area contributed by atoms with Gasteiger partial charge in [-0.15, -0.1) is 0 Å². The smallest absolute Gasteiger partial charge is 0.258 e. The fraction of sp³-hybridized carbons (Fsp3) is 0.105. The van der Waals surface area contributed by atoms with Gasteiger partial charge in [-0.2, -0.15) is 0 Å². The number of hydrogen-bond donors (Lipinski definition) is 2. The molecule has 0 unspecified atom stereocenters. The first kappa shape index (κ1) is 17.3. The van der Waals surface area contributed by atoms with Gasteiger partial charge in [0.15, 0.2) is 5.11 Å². The van der Waals surface area contributed by atoms with Crippen LogP contribution in [0.5, 0.6) is 0 Å². The van der Waals surface area contributed by atoms with Gasteiger partial charge in [0.25, 0.3) is 5.91 Å². The molecule has 6 heteroatoms. The molecule has 4 nitrogen and oxygen atoms in total. The topological polar surface area (TPSA) is 54.0 Å². The number of pyridine rings is 1. The van der Waals surface area contributed by atoms with Gasteiger partial charge in [0, 0.05) is 11.1 Å². The van der Waals surface area contributed by atoms with Gasteiger partial charge in [-0.1, -0.05) is 29.8 Å². The van der Waals surface area contributed by atoms with E-state index in [9.17, 15) is 4.79 Å². The fourth-order valence-corrected chi connectivity index (χ4v) is 2.96. The van der Waals surface area contributed by atoms with Crippen molar-refractivity contribution < 1.29 is 4.79 Å². The van der Waals surface area contributed by atoms with E-state index < -0.39 is 0 Å². The molecule has 25 heavy (non-hydrogen) atoms. The van der Waals surface area contributed by atoms with Crippen LogP contribution in [0, 0.1) is 13.8 Å². The number of hydrogen-bond acceptors (Lipinski definition) is 3. The molecule has 0 saturated heterocycles. The van der Waals surface area contributed by atoms with Crippen LogP contribution in [-0.4, -0.2) is 16.0 Å². The largest absolute Gasteiger partial charge is 0.332 e. The predicted octanol–water partition coefficient (Wildman–Crippen LogP) is 4.63. The number of rotatable bonds is 2. The summed E-state index contributed by atoms with van der Waals surface area (Å²) in [6.07, 6.45) is 0. The van der Waals surface area contributed by atoms with E-state index in [4.69, 9.17) is 23.8 Å². The first-order chi connectivity index (χ1) is 12.0. The molecule has 1 amide bonds. The number of aromatic nitrogens is 1. The number of fused-ring (bicyclic) bond motifs is 1. The molecule has 0 radical (unpaired) electrons. The van der Waals surface area contributed by atoms with Crippen LogP contribution in [0.4, 0.5) is 5.69 Å². The van der Waals surface area contributed by atoms with Crippen molar-refractivity contribution in [3.05, 3.63) is 70.4 Å². The normalized spacial score (nSPS) is 10.5. The van der Waals surface area contributed by atoms with Gasteiger partial charge >= 0.3 is 0 Å². The van der Waals surface area contributed by atoms with Crippen molar-refractivity contribution in [2.75, 3.05) is 5.32 Å². The lowest BCUT2D eigenvalue weighted by Gasteiger charge is -2.14. The summed E-state index contributed by atoms with van der Waals surface area (Å²) in [5.74, 6) is -0.352. The van der Waals surface area contributed by atoms with E-state index in [0.29, 0.717) is 10.6 Å². The maximum absolute atomic E-state index is 12.3. The molecule has 0 spiro atoms. The molecule has 0 aliphatic carbocycles. The summed E-state index contributed by atoms with van der Waals surface area (Å²) in [6.45, 7) is 3.92. The van der Waals surface area contributed by atoms with Crippen molar-refractivity contribution in [3.8, 4) is 0 Å². The molecule has 1 aromatic heterocycles. The summed E-state index contributed by atoms with van der Waals surface area (Å²) >= 11 is 11.3. The Morgan fingerprint density at radius 2 is 1.84 bits per heavy atom.